The van der Waals surface area contributed by atoms with Crippen molar-refractivity contribution in [2.75, 3.05) is 5.73 Å². The molecule has 0 unspecified atom stereocenters. The number of benzene rings is 2. The second-order valence-electron chi connectivity index (χ2n) is 4.96. The molecule has 0 atom stereocenters. The Morgan fingerprint density at radius 2 is 1.95 bits per heavy atom. The van der Waals surface area contributed by atoms with Gasteiger partial charge in [-0.15, -0.1) is 0 Å². The van der Waals surface area contributed by atoms with Crippen LogP contribution in [0.15, 0.2) is 45.3 Å². The Balaban J connectivity index is 2.24. The first-order valence-corrected chi connectivity index (χ1v) is 8.40. The van der Waals surface area contributed by atoms with E-state index in [9.17, 15) is 0 Å². The largest absolute Gasteiger partial charge is 0.398 e. The number of fused-ring (bicyclic) bond motifs is 1. The molecule has 1 aromatic heterocycles. The van der Waals surface area contributed by atoms with Crippen molar-refractivity contribution in [3.8, 4) is 11.4 Å². The van der Waals surface area contributed by atoms with Gasteiger partial charge in [0.1, 0.15) is 5.82 Å². The van der Waals surface area contributed by atoms with Crippen LogP contribution in [0, 0.1) is 0 Å². The summed E-state index contributed by atoms with van der Waals surface area (Å²) in [6.07, 6.45) is 1.06. The molecular formula is C16H15Br2N3. The molecule has 0 aliphatic rings. The Hall–Kier alpha value is -1.33. The number of aromatic nitrogens is 2. The molecule has 0 aliphatic carbocycles. The van der Waals surface area contributed by atoms with Gasteiger partial charge in [0.25, 0.3) is 0 Å². The number of aryl methyl sites for hydroxylation is 1. The fraction of sp³-hybridized carbons (Fsp3) is 0.188. The number of halogens is 2. The first kappa shape index (κ1) is 14.6. The lowest BCUT2D eigenvalue weighted by Gasteiger charge is -2.09. The number of nitrogens with two attached hydrogens (primary N) is 1. The third-order valence-corrected chi connectivity index (χ3v) is 4.63. The van der Waals surface area contributed by atoms with Gasteiger partial charge in [-0.1, -0.05) is 22.9 Å². The zero-order valence-corrected chi connectivity index (χ0v) is 14.8. The molecule has 108 valence electrons. The molecule has 3 aromatic rings. The first-order valence-electron chi connectivity index (χ1n) is 6.81. The quantitative estimate of drug-likeness (QED) is 0.603. The predicted molar refractivity (Wildman–Crippen MR) is 95.3 cm³/mol. The number of rotatable bonds is 3. The van der Waals surface area contributed by atoms with Crippen molar-refractivity contribution < 1.29 is 0 Å². The van der Waals surface area contributed by atoms with E-state index in [1.165, 1.54) is 0 Å². The van der Waals surface area contributed by atoms with Crippen LogP contribution in [-0.2, 0) is 6.54 Å². The maximum Gasteiger partial charge on any atom is 0.141 e. The minimum Gasteiger partial charge on any atom is -0.398 e. The van der Waals surface area contributed by atoms with Gasteiger partial charge in [-0.25, -0.2) is 4.98 Å². The topological polar surface area (TPSA) is 43.8 Å². The first-order chi connectivity index (χ1) is 10.1. The molecule has 0 bridgehead atoms. The van der Waals surface area contributed by atoms with Gasteiger partial charge in [0.05, 0.1) is 11.0 Å². The van der Waals surface area contributed by atoms with Gasteiger partial charge >= 0.3 is 0 Å². The van der Waals surface area contributed by atoms with Crippen LogP contribution >= 0.6 is 31.9 Å². The number of nitrogens with zero attached hydrogens (tertiary/aromatic N) is 2. The number of imidazole rings is 1. The normalized spacial score (nSPS) is 11.2. The highest BCUT2D eigenvalue weighted by Gasteiger charge is 2.13. The highest BCUT2D eigenvalue weighted by Crippen LogP contribution is 2.30. The molecule has 1 heterocycles. The minimum atomic E-state index is 0.726. The standard InChI is InChI=1S/C16H15Br2N3/c1-2-7-21-15-6-4-11(17)9-14(15)20-16(21)10-3-5-12(18)13(19)8-10/h3-6,8-9H,2,7,19H2,1H3. The van der Waals surface area contributed by atoms with Crippen LogP contribution in [0.3, 0.4) is 0 Å². The average Bonchev–Trinajstić information content (AvgIpc) is 2.80. The van der Waals surface area contributed by atoms with Crippen molar-refractivity contribution in [3.05, 3.63) is 45.3 Å². The molecule has 0 saturated carbocycles. The van der Waals surface area contributed by atoms with Crippen molar-refractivity contribution in [1.82, 2.24) is 9.55 Å². The van der Waals surface area contributed by atoms with Crippen molar-refractivity contribution in [3.63, 3.8) is 0 Å². The van der Waals surface area contributed by atoms with Crippen LogP contribution in [0.2, 0.25) is 0 Å². The molecule has 2 N–H and O–H groups in total. The summed E-state index contributed by atoms with van der Waals surface area (Å²) in [5.74, 6) is 0.962. The van der Waals surface area contributed by atoms with E-state index in [0.29, 0.717) is 0 Å². The molecule has 21 heavy (non-hydrogen) atoms. The van der Waals surface area contributed by atoms with E-state index in [4.69, 9.17) is 10.7 Å². The highest BCUT2D eigenvalue weighted by molar-refractivity contribution is 9.10. The summed E-state index contributed by atoms with van der Waals surface area (Å²) in [4.78, 5) is 4.80. The second kappa shape index (κ2) is 5.81. The molecule has 0 radical (unpaired) electrons. The molecule has 2 aromatic carbocycles. The summed E-state index contributed by atoms with van der Waals surface area (Å²) in [5.41, 5.74) is 9.92. The van der Waals surface area contributed by atoms with Crippen LogP contribution in [0.25, 0.3) is 22.4 Å². The lowest BCUT2D eigenvalue weighted by Crippen LogP contribution is -2.00. The Morgan fingerprint density at radius 3 is 2.67 bits per heavy atom. The number of hydrogen-bond donors (Lipinski definition) is 1. The van der Waals surface area contributed by atoms with Gasteiger partial charge in [-0.05, 0) is 58.7 Å². The molecule has 3 nitrogen and oxygen atoms in total. The van der Waals surface area contributed by atoms with Gasteiger partial charge in [0, 0.05) is 26.7 Å². The van der Waals surface area contributed by atoms with Gasteiger partial charge in [0.15, 0.2) is 0 Å². The van der Waals surface area contributed by atoms with Crippen LogP contribution in [0.5, 0.6) is 0 Å². The third kappa shape index (κ3) is 2.72. The van der Waals surface area contributed by atoms with Crippen LogP contribution in [-0.4, -0.2) is 9.55 Å². The smallest absolute Gasteiger partial charge is 0.141 e. The molecule has 3 rings (SSSR count). The number of hydrogen-bond acceptors (Lipinski definition) is 2. The predicted octanol–water partition coefficient (Wildman–Crippen LogP) is 5.22. The molecule has 0 fully saturated rings. The SMILES string of the molecule is CCCn1c(-c2ccc(Br)c(N)c2)nc2cc(Br)ccc21. The molecule has 0 aliphatic heterocycles. The maximum atomic E-state index is 6.01. The Bertz CT molecular complexity index is 809. The van der Waals surface area contributed by atoms with E-state index in [2.05, 4.69) is 55.5 Å². The lowest BCUT2D eigenvalue weighted by atomic mass is 10.2. The summed E-state index contributed by atoms with van der Waals surface area (Å²) in [7, 11) is 0. The second-order valence-corrected chi connectivity index (χ2v) is 6.73. The average molecular weight is 409 g/mol. The molecule has 5 heteroatoms. The van der Waals surface area contributed by atoms with Crippen molar-refractivity contribution >= 4 is 48.6 Å². The van der Waals surface area contributed by atoms with Crippen LogP contribution in [0.1, 0.15) is 13.3 Å². The van der Waals surface area contributed by atoms with Crippen molar-refractivity contribution in [2.45, 2.75) is 19.9 Å². The van der Waals surface area contributed by atoms with E-state index < -0.39 is 0 Å². The van der Waals surface area contributed by atoms with Gasteiger partial charge in [0.2, 0.25) is 0 Å². The highest BCUT2D eigenvalue weighted by atomic mass is 79.9. The summed E-state index contributed by atoms with van der Waals surface area (Å²) in [6, 6.07) is 12.2. The fourth-order valence-electron chi connectivity index (χ4n) is 2.46. The number of anilines is 1. The lowest BCUT2D eigenvalue weighted by molar-refractivity contribution is 0.704. The monoisotopic (exact) mass is 407 g/mol. The van der Waals surface area contributed by atoms with Crippen molar-refractivity contribution in [1.29, 1.82) is 0 Å². The zero-order valence-electron chi connectivity index (χ0n) is 11.6. The van der Waals surface area contributed by atoms with E-state index in [0.717, 1.165) is 50.0 Å². The van der Waals surface area contributed by atoms with Crippen LogP contribution < -0.4 is 5.73 Å². The summed E-state index contributed by atoms with van der Waals surface area (Å²) < 4.78 is 4.20. The molecular weight excluding hydrogens is 394 g/mol. The number of nitrogen functional groups attached to an aromatic ring is 1. The Kier molecular flexibility index (Phi) is 4.04. The maximum absolute atomic E-state index is 6.01. The minimum absolute atomic E-state index is 0.726. The molecule has 0 spiro atoms. The van der Waals surface area contributed by atoms with Gasteiger partial charge in [-0.2, -0.15) is 0 Å². The van der Waals surface area contributed by atoms with Gasteiger partial charge in [-0.3, -0.25) is 0 Å². The zero-order chi connectivity index (χ0) is 15.0. The Labute approximate surface area is 140 Å². The van der Waals surface area contributed by atoms with E-state index in [-0.39, 0.29) is 0 Å². The van der Waals surface area contributed by atoms with Crippen LogP contribution in [0.4, 0.5) is 5.69 Å². The van der Waals surface area contributed by atoms with Crippen molar-refractivity contribution in [2.24, 2.45) is 0 Å². The van der Waals surface area contributed by atoms with E-state index in [1.807, 2.05) is 24.3 Å². The van der Waals surface area contributed by atoms with Gasteiger partial charge < -0.3 is 10.3 Å². The van der Waals surface area contributed by atoms with E-state index in [1.54, 1.807) is 0 Å². The summed E-state index contributed by atoms with van der Waals surface area (Å²) in [6.45, 7) is 3.11. The third-order valence-electron chi connectivity index (χ3n) is 3.41. The fourth-order valence-corrected chi connectivity index (χ4v) is 3.05. The summed E-state index contributed by atoms with van der Waals surface area (Å²) >= 11 is 6.94. The summed E-state index contributed by atoms with van der Waals surface area (Å²) in [5, 5.41) is 0. The molecule has 0 amide bonds. The Morgan fingerprint density at radius 1 is 1.14 bits per heavy atom. The molecule has 0 saturated heterocycles. The van der Waals surface area contributed by atoms with E-state index >= 15 is 0 Å².